The van der Waals surface area contributed by atoms with Gasteiger partial charge in [-0.3, -0.25) is 9.98 Å². The molecule has 0 saturated carbocycles. The number of rotatable bonds is 7. The van der Waals surface area contributed by atoms with E-state index in [0.717, 1.165) is 31.0 Å². The predicted octanol–water partition coefficient (Wildman–Crippen LogP) is 2.60. The first-order valence-electron chi connectivity index (χ1n) is 7.69. The van der Waals surface area contributed by atoms with Gasteiger partial charge >= 0.3 is 0 Å². The standard InChI is InChI=1S/C17H24N4O.HI/c1-3-18-17(21-12-13-22-2)20-11-9-15-7-4-6-14-8-5-10-19-16(14)15;/h4-8,10H,3,9,11-13H2,1-2H3,(H2,18,20,21);1H. The molecule has 0 radical (unpaired) electrons. The molecule has 1 heterocycles. The highest BCUT2D eigenvalue weighted by molar-refractivity contribution is 14.0. The minimum atomic E-state index is 0. The van der Waals surface area contributed by atoms with Crippen LogP contribution in [0.25, 0.3) is 10.9 Å². The Morgan fingerprint density at radius 1 is 1.22 bits per heavy atom. The highest BCUT2D eigenvalue weighted by Crippen LogP contribution is 2.15. The zero-order valence-electron chi connectivity index (χ0n) is 13.7. The predicted molar refractivity (Wildman–Crippen MR) is 107 cm³/mol. The van der Waals surface area contributed by atoms with Gasteiger partial charge in [0.2, 0.25) is 0 Å². The first kappa shape index (κ1) is 19.6. The number of halogens is 1. The third-order valence-corrected chi connectivity index (χ3v) is 3.31. The van der Waals surface area contributed by atoms with Crippen molar-refractivity contribution in [3.8, 4) is 0 Å². The van der Waals surface area contributed by atoms with Crippen LogP contribution in [0, 0.1) is 0 Å². The average Bonchev–Trinajstić information content (AvgIpc) is 2.55. The Labute approximate surface area is 155 Å². The topological polar surface area (TPSA) is 58.5 Å². The van der Waals surface area contributed by atoms with Gasteiger partial charge in [0.25, 0.3) is 0 Å². The molecule has 0 atom stereocenters. The zero-order chi connectivity index (χ0) is 15.6. The third kappa shape index (κ3) is 6.31. The molecular weight excluding hydrogens is 403 g/mol. The molecule has 0 aliphatic carbocycles. The molecule has 0 bridgehead atoms. The molecule has 2 N–H and O–H groups in total. The van der Waals surface area contributed by atoms with Gasteiger partial charge in [0.1, 0.15) is 0 Å². The van der Waals surface area contributed by atoms with E-state index in [1.165, 1.54) is 10.9 Å². The van der Waals surface area contributed by atoms with Crippen molar-refractivity contribution in [3.63, 3.8) is 0 Å². The fourth-order valence-corrected chi connectivity index (χ4v) is 2.28. The second kappa shape index (κ2) is 11.2. The summed E-state index contributed by atoms with van der Waals surface area (Å²) in [6.07, 6.45) is 2.75. The van der Waals surface area contributed by atoms with E-state index in [1.54, 1.807) is 7.11 Å². The first-order chi connectivity index (χ1) is 10.8. The Bertz CT molecular complexity index is 613. The quantitative estimate of drug-likeness (QED) is 0.308. The lowest BCUT2D eigenvalue weighted by Crippen LogP contribution is -2.38. The summed E-state index contributed by atoms with van der Waals surface area (Å²) in [5.74, 6) is 0.827. The molecule has 0 fully saturated rings. The van der Waals surface area contributed by atoms with Gasteiger partial charge in [0.15, 0.2) is 5.96 Å². The van der Waals surface area contributed by atoms with Gasteiger partial charge < -0.3 is 15.4 Å². The minimum absolute atomic E-state index is 0. The van der Waals surface area contributed by atoms with Crippen molar-refractivity contribution in [2.45, 2.75) is 13.3 Å². The van der Waals surface area contributed by atoms with Crippen molar-refractivity contribution < 1.29 is 4.74 Å². The van der Waals surface area contributed by atoms with E-state index >= 15 is 0 Å². The molecule has 0 aliphatic heterocycles. The second-order valence-electron chi connectivity index (χ2n) is 4.92. The van der Waals surface area contributed by atoms with E-state index in [2.05, 4.69) is 51.8 Å². The van der Waals surface area contributed by atoms with Crippen LogP contribution in [0.3, 0.4) is 0 Å². The SMILES string of the molecule is CCNC(=NCCOC)NCCc1cccc2cccnc12.I. The van der Waals surface area contributed by atoms with Crippen molar-refractivity contribution in [2.75, 3.05) is 33.4 Å². The fourth-order valence-electron chi connectivity index (χ4n) is 2.28. The van der Waals surface area contributed by atoms with E-state index in [9.17, 15) is 0 Å². The summed E-state index contributed by atoms with van der Waals surface area (Å²) in [6.45, 7) is 5.00. The molecule has 23 heavy (non-hydrogen) atoms. The Balaban J connectivity index is 0.00000264. The van der Waals surface area contributed by atoms with Gasteiger partial charge in [0.05, 0.1) is 18.7 Å². The van der Waals surface area contributed by atoms with E-state index in [4.69, 9.17) is 4.74 Å². The highest BCUT2D eigenvalue weighted by Gasteiger charge is 2.02. The summed E-state index contributed by atoms with van der Waals surface area (Å²) < 4.78 is 5.02. The van der Waals surface area contributed by atoms with Crippen LogP contribution in [0.15, 0.2) is 41.5 Å². The summed E-state index contributed by atoms with van der Waals surface area (Å²) in [5, 5.41) is 7.76. The zero-order valence-corrected chi connectivity index (χ0v) is 16.0. The Morgan fingerprint density at radius 3 is 2.83 bits per heavy atom. The number of fused-ring (bicyclic) bond motifs is 1. The van der Waals surface area contributed by atoms with Crippen LogP contribution >= 0.6 is 24.0 Å². The van der Waals surface area contributed by atoms with Crippen molar-refractivity contribution >= 4 is 40.8 Å². The van der Waals surface area contributed by atoms with Crippen molar-refractivity contribution in [1.82, 2.24) is 15.6 Å². The van der Waals surface area contributed by atoms with Crippen LogP contribution in [-0.2, 0) is 11.2 Å². The molecule has 0 amide bonds. The monoisotopic (exact) mass is 428 g/mol. The molecule has 2 aromatic rings. The number of ether oxygens (including phenoxy) is 1. The van der Waals surface area contributed by atoms with Crippen LogP contribution in [-0.4, -0.2) is 44.3 Å². The summed E-state index contributed by atoms with van der Waals surface area (Å²) in [6, 6.07) is 10.4. The van der Waals surface area contributed by atoms with Crippen LogP contribution < -0.4 is 10.6 Å². The van der Waals surface area contributed by atoms with E-state index in [0.29, 0.717) is 13.2 Å². The molecule has 126 valence electrons. The Morgan fingerprint density at radius 2 is 2.04 bits per heavy atom. The summed E-state index contributed by atoms with van der Waals surface area (Å²) in [7, 11) is 1.68. The number of methoxy groups -OCH3 is 1. The molecule has 0 unspecified atom stereocenters. The summed E-state index contributed by atoms with van der Waals surface area (Å²) >= 11 is 0. The molecular formula is C17H25IN4O. The molecule has 1 aromatic heterocycles. The number of nitrogens with one attached hydrogen (secondary N) is 2. The van der Waals surface area contributed by atoms with Crippen molar-refractivity contribution in [3.05, 3.63) is 42.1 Å². The molecule has 1 aromatic carbocycles. The fraction of sp³-hybridized carbons (Fsp3) is 0.412. The largest absolute Gasteiger partial charge is 0.383 e. The van der Waals surface area contributed by atoms with Crippen LogP contribution in [0.2, 0.25) is 0 Å². The number of nitrogens with zero attached hydrogens (tertiary/aromatic N) is 2. The molecule has 6 heteroatoms. The first-order valence-corrected chi connectivity index (χ1v) is 7.69. The van der Waals surface area contributed by atoms with Gasteiger partial charge in [-0.2, -0.15) is 0 Å². The number of hydrogen-bond donors (Lipinski definition) is 2. The van der Waals surface area contributed by atoms with Crippen LogP contribution in [0.1, 0.15) is 12.5 Å². The van der Waals surface area contributed by atoms with Crippen molar-refractivity contribution in [2.24, 2.45) is 4.99 Å². The van der Waals surface area contributed by atoms with Crippen molar-refractivity contribution in [1.29, 1.82) is 0 Å². The molecule has 0 spiro atoms. The second-order valence-corrected chi connectivity index (χ2v) is 4.92. The summed E-state index contributed by atoms with van der Waals surface area (Å²) in [4.78, 5) is 8.94. The summed E-state index contributed by atoms with van der Waals surface area (Å²) in [5.41, 5.74) is 2.33. The number of benzene rings is 1. The van der Waals surface area contributed by atoms with E-state index in [1.807, 2.05) is 12.3 Å². The maximum Gasteiger partial charge on any atom is 0.191 e. The molecule has 2 rings (SSSR count). The third-order valence-electron chi connectivity index (χ3n) is 3.31. The lowest BCUT2D eigenvalue weighted by Gasteiger charge is -2.12. The van der Waals surface area contributed by atoms with Gasteiger partial charge in [-0.15, -0.1) is 24.0 Å². The van der Waals surface area contributed by atoms with Crippen LogP contribution in [0.5, 0.6) is 0 Å². The highest BCUT2D eigenvalue weighted by atomic mass is 127. The van der Waals surface area contributed by atoms with Gasteiger partial charge in [-0.1, -0.05) is 24.3 Å². The number of para-hydroxylation sites is 1. The molecule has 0 saturated heterocycles. The van der Waals surface area contributed by atoms with Gasteiger partial charge in [-0.05, 0) is 25.0 Å². The number of aromatic nitrogens is 1. The number of pyridine rings is 1. The number of aliphatic imine (C=N–C) groups is 1. The molecule has 5 nitrogen and oxygen atoms in total. The maximum atomic E-state index is 5.02. The van der Waals surface area contributed by atoms with Gasteiger partial charge in [-0.25, -0.2) is 0 Å². The Hall–Kier alpha value is -1.41. The lowest BCUT2D eigenvalue weighted by molar-refractivity contribution is 0.208. The van der Waals surface area contributed by atoms with E-state index < -0.39 is 0 Å². The minimum Gasteiger partial charge on any atom is -0.383 e. The maximum absolute atomic E-state index is 5.02. The Kier molecular flexibility index (Phi) is 9.54. The number of guanidine groups is 1. The smallest absolute Gasteiger partial charge is 0.191 e. The van der Waals surface area contributed by atoms with Gasteiger partial charge in [0, 0.05) is 31.8 Å². The molecule has 0 aliphatic rings. The average molecular weight is 428 g/mol. The number of hydrogen-bond acceptors (Lipinski definition) is 3. The normalized spacial score (nSPS) is 11.1. The van der Waals surface area contributed by atoms with E-state index in [-0.39, 0.29) is 24.0 Å². The lowest BCUT2D eigenvalue weighted by atomic mass is 10.1. The van der Waals surface area contributed by atoms with Crippen LogP contribution in [0.4, 0.5) is 0 Å².